The molecule has 0 unspecified atom stereocenters. The van der Waals surface area contributed by atoms with Crippen molar-refractivity contribution >= 4 is 15.7 Å². The van der Waals surface area contributed by atoms with Gasteiger partial charge in [0.25, 0.3) is 10.0 Å². The number of nitrogens with one attached hydrogen (secondary N) is 1. The summed E-state index contributed by atoms with van der Waals surface area (Å²) in [5.74, 6) is 0. The summed E-state index contributed by atoms with van der Waals surface area (Å²) in [7, 11) is 0.277. The standard InChI is InChI=1S/C15H19N3O2S/c1-12-6-7-15(13(9-12)11-18(2)3)17-21(19,20)14-5-4-8-16-10-14/h4-10,17H,11H2,1-3H3. The van der Waals surface area contributed by atoms with Crippen molar-refractivity contribution in [2.75, 3.05) is 18.8 Å². The number of pyridine rings is 1. The molecule has 1 aromatic carbocycles. The molecule has 0 spiro atoms. The van der Waals surface area contributed by atoms with Crippen LogP contribution in [0, 0.1) is 6.92 Å². The van der Waals surface area contributed by atoms with Crippen LogP contribution in [0.4, 0.5) is 5.69 Å². The lowest BCUT2D eigenvalue weighted by molar-refractivity contribution is 0.403. The summed E-state index contributed by atoms with van der Waals surface area (Å²) < 4.78 is 27.4. The molecule has 1 N–H and O–H groups in total. The van der Waals surface area contributed by atoms with Crippen LogP contribution >= 0.6 is 0 Å². The highest BCUT2D eigenvalue weighted by molar-refractivity contribution is 7.92. The molecule has 2 rings (SSSR count). The smallest absolute Gasteiger partial charge is 0.263 e. The fraction of sp³-hybridized carbons (Fsp3) is 0.267. The van der Waals surface area contributed by atoms with Gasteiger partial charge in [0.15, 0.2) is 0 Å². The Morgan fingerprint density at radius 1 is 1.24 bits per heavy atom. The zero-order valence-corrected chi connectivity index (χ0v) is 13.2. The second-order valence-electron chi connectivity index (χ2n) is 5.19. The Kier molecular flexibility index (Phi) is 4.59. The normalized spacial score (nSPS) is 11.6. The SMILES string of the molecule is Cc1ccc(NS(=O)(=O)c2cccnc2)c(CN(C)C)c1. The molecule has 0 atom stereocenters. The van der Waals surface area contributed by atoms with E-state index in [4.69, 9.17) is 0 Å². The van der Waals surface area contributed by atoms with E-state index in [1.165, 1.54) is 12.3 Å². The third-order valence-electron chi connectivity index (χ3n) is 2.94. The van der Waals surface area contributed by atoms with E-state index in [9.17, 15) is 8.42 Å². The van der Waals surface area contributed by atoms with Gasteiger partial charge in [-0.05, 0) is 44.8 Å². The number of hydrogen-bond acceptors (Lipinski definition) is 4. The van der Waals surface area contributed by atoms with Crippen LogP contribution in [0.3, 0.4) is 0 Å². The van der Waals surface area contributed by atoms with Gasteiger partial charge in [-0.15, -0.1) is 0 Å². The van der Waals surface area contributed by atoms with Gasteiger partial charge in [0.05, 0.1) is 5.69 Å². The lowest BCUT2D eigenvalue weighted by atomic mass is 10.1. The summed E-state index contributed by atoms with van der Waals surface area (Å²) in [5, 5.41) is 0. The second-order valence-corrected chi connectivity index (χ2v) is 6.88. The minimum absolute atomic E-state index is 0.154. The van der Waals surface area contributed by atoms with Gasteiger partial charge in [0.1, 0.15) is 4.90 Å². The first kappa shape index (κ1) is 15.5. The average Bonchev–Trinajstić information content (AvgIpc) is 2.42. The number of nitrogens with zero attached hydrogens (tertiary/aromatic N) is 2. The Hall–Kier alpha value is -1.92. The van der Waals surface area contributed by atoms with Gasteiger partial charge < -0.3 is 4.90 Å². The van der Waals surface area contributed by atoms with E-state index in [1.54, 1.807) is 18.3 Å². The van der Waals surface area contributed by atoms with E-state index < -0.39 is 10.0 Å². The van der Waals surface area contributed by atoms with Crippen LogP contribution in [-0.2, 0) is 16.6 Å². The summed E-state index contributed by atoms with van der Waals surface area (Å²) in [6.07, 6.45) is 2.88. The first-order valence-electron chi connectivity index (χ1n) is 6.55. The Labute approximate surface area is 125 Å². The van der Waals surface area contributed by atoms with Gasteiger partial charge in [-0.2, -0.15) is 0 Å². The van der Waals surface area contributed by atoms with E-state index in [1.807, 2.05) is 38.1 Å². The number of anilines is 1. The molecule has 2 aromatic rings. The van der Waals surface area contributed by atoms with Gasteiger partial charge >= 0.3 is 0 Å². The number of benzene rings is 1. The number of rotatable bonds is 5. The zero-order valence-electron chi connectivity index (χ0n) is 12.4. The van der Waals surface area contributed by atoms with E-state index in [0.29, 0.717) is 12.2 Å². The molecule has 0 radical (unpaired) electrons. The minimum atomic E-state index is -3.62. The number of sulfonamides is 1. The Morgan fingerprint density at radius 2 is 2.00 bits per heavy atom. The molecule has 0 saturated heterocycles. The van der Waals surface area contributed by atoms with E-state index >= 15 is 0 Å². The molecule has 112 valence electrons. The van der Waals surface area contributed by atoms with Crippen LogP contribution in [0.2, 0.25) is 0 Å². The van der Waals surface area contributed by atoms with Gasteiger partial charge in [-0.25, -0.2) is 8.42 Å². The minimum Gasteiger partial charge on any atom is -0.305 e. The summed E-state index contributed by atoms with van der Waals surface area (Å²) in [5.41, 5.74) is 2.63. The molecule has 21 heavy (non-hydrogen) atoms. The average molecular weight is 305 g/mol. The Morgan fingerprint density at radius 3 is 2.62 bits per heavy atom. The first-order chi connectivity index (χ1) is 9.88. The maximum Gasteiger partial charge on any atom is 0.263 e. The summed E-state index contributed by atoms with van der Waals surface area (Å²) in [6.45, 7) is 2.64. The molecule has 0 aliphatic rings. The molecule has 0 amide bonds. The molecule has 0 aliphatic heterocycles. The van der Waals surface area contributed by atoms with Crippen LogP contribution in [0.5, 0.6) is 0 Å². The monoisotopic (exact) mass is 305 g/mol. The Balaban J connectivity index is 2.35. The maximum absolute atomic E-state index is 12.4. The molecule has 0 saturated carbocycles. The van der Waals surface area contributed by atoms with Crippen molar-refractivity contribution in [3.05, 3.63) is 53.9 Å². The molecule has 1 aromatic heterocycles. The van der Waals surface area contributed by atoms with Crippen molar-refractivity contribution in [2.45, 2.75) is 18.4 Å². The van der Waals surface area contributed by atoms with E-state index in [-0.39, 0.29) is 4.90 Å². The predicted octanol–water partition coefficient (Wildman–Crippen LogP) is 2.25. The zero-order chi connectivity index (χ0) is 15.5. The second kappa shape index (κ2) is 6.24. The van der Waals surface area contributed by atoms with E-state index in [2.05, 4.69) is 9.71 Å². The summed E-state index contributed by atoms with van der Waals surface area (Å²) >= 11 is 0. The highest BCUT2D eigenvalue weighted by Gasteiger charge is 2.16. The lowest BCUT2D eigenvalue weighted by Gasteiger charge is -2.16. The molecule has 0 aliphatic carbocycles. The molecular formula is C15H19N3O2S. The lowest BCUT2D eigenvalue weighted by Crippen LogP contribution is -2.17. The van der Waals surface area contributed by atoms with Crippen LogP contribution in [0.15, 0.2) is 47.6 Å². The summed E-state index contributed by atoms with van der Waals surface area (Å²) in [6, 6.07) is 8.79. The number of hydrogen-bond donors (Lipinski definition) is 1. The fourth-order valence-electron chi connectivity index (χ4n) is 2.00. The molecule has 6 heteroatoms. The van der Waals surface area contributed by atoms with Crippen LogP contribution in [0.25, 0.3) is 0 Å². The molecule has 1 heterocycles. The summed E-state index contributed by atoms with van der Waals surface area (Å²) in [4.78, 5) is 6.00. The highest BCUT2D eigenvalue weighted by Crippen LogP contribution is 2.22. The predicted molar refractivity (Wildman–Crippen MR) is 83.6 cm³/mol. The fourth-order valence-corrected chi connectivity index (χ4v) is 3.07. The van der Waals surface area contributed by atoms with Gasteiger partial charge in [0.2, 0.25) is 0 Å². The van der Waals surface area contributed by atoms with E-state index in [0.717, 1.165) is 11.1 Å². The molecule has 5 nitrogen and oxygen atoms in total. The van der Waals surface area contributed by atoms with Crippen LogP contribution in [-0.4, -0.2) is 32.4 Å². The van der Waals surface area contributed by atoms with Gasteiger partial charge in [0, 0.05) is 18.9 Å². The van der Waals surface area contributed by atoms with Crippen molar-refractivity contribution in [1.29, 1.82) is 0 Å². The largest absolute Gasteiger partial charge is 0.305 e. The van der Waals surface area contributed by atoms with Crippen molar-refractivity contribution in [3.63, 3.8) is 0 Å². The highest BCUT2D eigenvalue weighted by atomic mass is 32.2. The third-order valence-corrected chi connectivity index (χ3v) is 4.29. The Bertz CT molecular complexity index is 713. The number of aryl methyl sites for hydroxylation is 1. The van der Waals surface area contributed by atoms with Crippen molar-refractivity contribution in [2.24, 2.45) is 0 Å². The molecular weight excluding hydrogens is 286 g/mol. The first-order valence-corrected chi connectivity index (χ1v) is 8.04. The van der Waals surface area contributed by atoms with Crippen LogP contribution < -0.4 is 4.72 Å². The van der Waals surface area contributed by atoms with Gasteiger partial charge in [-0.3, -0.25) is 9.71 Å². The molecule has 0 fully saturated rings. The van der Waals surface area contributed by atoms with Crippen molar-refractivity contribution in [3.8, 4) is 0 Å². The van der Waals surface area contributed by atoms with Crippen molar-refractivity contribution in [1.82, 2.24) is 9.88 Å². The topological polar surface area (TPSA) is 62.3 Å². The maximum atomic E-state index is 12.4. The number of aromatic nitrogens is 1. The van der Waals surface area contributed by atoms with Crippen LogP contribution in [0.1, 0.15) is 11.1 Å². The van der Waals surface area contributed by atoms with Gasteiger partial charge in [-0.1, -0.05) is 17.7 Å². The third kappa shape index (κ3) is 4.03. The molecule has 0 bridgehead atoms. The van der Waals surface area contributed by atoms with Crippen molar-refractivity contribution < 1.29 is 8.42 Å². The quantitative estimate of drug-likeness (QED) is 0.920.